The van der Waals surface area contributed by atoms with Gasteiger partial charge in [0.25, 0.3) is 5.56 Å². The molecule has 1 N–H and O–H groups in total. The van der Waals surface area contributed by atoms with Crippen molar-refractivity contribution in [3.63, 3.8) is 0 Å². The number of benzene rings is 1. The molecular weight excluding hydrogens is 351 g/mol. The number of para-hydroxylation sites is 1. The minimum atomic E-state index is -1.05. The number of nitrogens with zero attached hydrogens (tertiary/aromatic N) is 2. The molecule has 2 rings (SSSR count). The zero-order valence-corrected chi connectivity index (χ0v) is 12.3. The molecule has 0 saturated heterocycles. The number of carboxylic acid groups (broad SMARTS) is 1. The van der Waals surface area contributed by atoms with Gasteiger partial charge in [-0.2, -0.15) is 4.98 Å². The highest BCUT2D eigenvalue weighted by atomic mass is 79.9. The molecule has 8 heteroatoms. The van der Waals surface area contributed by atoms with Crippen molar-refractivity contribution in [2.24, 2.45) is 0 Å². The van der Waals surface area contributed by atoms with Gasteiger partial charge in [0.2, 0.25) is 0 Å². The Bertz CT molecular complexity index is 700. The molecule has 0 aliphatic heterocycles. The van der Waals surface area contributed by atoms with Gasteiger partial charge in [-0.25, -0.2) is 4.39 Å². The second-order valence-electron chi connectivity index (χ2n) is 3.67. The predicted molar refractivity (Wildman–Crippen MR) is 75.9 cm³/mol. The van der Waals surface area contributed by atoms with Gasteiger partial charge in [0.1, 0.15) is 5.82 Å². The molecule has 0 saturated carbocycles. The molecule has 0 unspecified atom stereocenters. The molecule has 1 aromatic carbocycles. The summed E-state index contributed by atoms with van der Waals surface area (Å²) >= 11 is 4.07. The summed E-state index contributed by atoms with van der Waals surface area (Å²) in [5.41, 5.74) is -0.338. The van der Waals surface area contributed by atoms with Gasteiger partial charge >= 0.3 is 5.97 Å². The highest BCUT2D eigenvalue weighted by molar-refractivity contribution is 9.10. The molecular formula is C12H8BrFN2O3S. The number of aliphatic carboxylic acids is 1. The third-order valence-electron chi connectivity index (χ3n) is 2.28. The second-order valence-corrected chi connectivity index (χ2v) is 5.47. The van der Waals surface area contributed by atoms with E-state index >= 15 is 0 Å². The van der Waals surface area contributed by atoms with Gasteiger partial charge in [-0.15, -0.1) is 0 Å². The van der Waals surface area contributed by atoms with Crippen molar-refractivity contribution in [2.75, 3.05) is 5.75 Å². The molecule has 0 fully saturated rings. The van der Waals surface area contributed by atoms with Crippen molar-refractivity contribution in [1.82, 2.24) is 9.55 Å². The van der Waals surface area contributed by atoms with Crippen molar-refractivity contribution >= 4 is 33.7 Å². The number of carbonyl (C=O) groups is 1. The molecule has 0 amide bonds. The SMILES string of the molecule is O=C(O)CSc1nc(=O)ccn1-c1c(F)cccc1Br. The summed E-state index contributed by atoms with van der Waals surface area (Å²) in [6, 6.07) is 5.62. The van der Waals surface area contributed by atoms with Gasteiger partial charge in [0.15, 0.2) is 5.16 Å². The number of halogens is 2. The maximum atomic E-state index is 13.9. The topological polar surface area (TPSA) is 72.2 Å². The molecule has 1 aromatic heterocycles. The molecule has 0 aliphatic rings. The molecule has 1 heterocycles. The van der Waals surface area contributed by atoms with E-state index in [0.717, 1.165) is 11.8 Å². The van der Waals surface area contributed by atoms with Crippen LogP contribution in [-0.4, -0.2) is 26.4 Å². The number of thioether (sulfide) groups is 1. The van der Waals surface area contributed by atoms with Crippen LogP contribution in [0.2, 0.25) is 0 Å². The van der Waals surface area contributed by atoms with Crippen molar-refractivity contribution in [2.45, 2.75) is 5.16 Å². The highest BCUT2D eigenvalue weighted by Crippen LogP contribution is 2.27. The minimum Gasteiger partial charge on any atom is -0.481 e. The lowest BCUT2D eigenvalue weighted by Gasteiger charge is -2.13. The molecule has 5 nitrogen and oxygen atoms in total. The number of rotatable bonds is 4. The molecule has 2 aromatic rings. The van der Waals surface area contributed by atoms with Crippen molar-refractivity contribution in [3.05, 3.63) is 51.1 Å². The first kappa shape index (κ1) is 14.7. The van der Waals surface area contributed by atoms with Gasteiger partial charge in [0.05, 0.1) is 11.4 Å². The summed E-state index contributed by atoms with van der Waals surface area (Å²) in [6.07, 6.45) is 1.36. The summed E-state index contributed by atoms with van der Waals surface area (Å²) in [4.78, 5) is 25.6. The normalized spacial score (nSPS) is 10.5. The van der Waals surface area contributed by atoms with E-state index in [4.69, 9.17) is 5.11 Å². The van der Waals surface area contributed by atoms with E-state index in [1.165, 1.54) is 29.0 Å². The van der Waals surface area contributed by atoms with E-state index < -0.39 is 17.3 Å². The maximum absolute atomic E-state index is 13.9. The monoisotopic (exact) mass is 358 g/mol. The Labute approximate surface area is 125 Å². The Morgan fingerprint density at radius 2 is 2.20 bits per heavy atom. The molecule has 0 spiro atoms. The van der Waals surface area contributed by atoms with Crippen LogP contribution in [0.5, 0.6) is 0 Å². The Balaban J connectivity index is 2.56. The van der Waals surface area contributed by atoms with Gasteiger partial charge < -0.3 is 5.11 Å². The first-order valence-electron chi connectivity index (χ1n) is 5.37. The van der Waals surface area contributed by atoms with E-state index in [-0.39, 0.29) is 16.6 Å². The lowest BCUT2D eigenvalue weighted by Crippen LogP contribution is -2.14. The fraction of sp³-hybridized carbons (Fsp3) is 0.0833. The van der Waals surface area contributed by atoms with Crippen LogP contribution in [0.1, 0.15) is 0 Å². The summed E-state index contributed by atoms with van der Waals surface area (Å²) in [7, 11) is 0. The lowest BCUT2D eigenvalue weighted by atomic mass is 10.3. The van der Waals surface area contributed by atoms with Crippen LogP contribution in [-0.2, 0) is 4.79 Å². The Hall–Kier alpha value is -1.67. The summed E-state index contributed by atoms with van der Waals surface area (Å²) < 4.78 is 15.7. The van der Waals surface area contributed by atoms with E-state index in [9.17, 15) is 14.0 Å². The van der Waals surface area contributed by atoms with Crippen LogP contribution < -0.4 is 5.56 Å². The Kier molecular flexibility index (Phi) is 4.56. The van der Waals surface area contributed by atoms with Crippen LogP contribution in [0.25, 0.3) is 5.69 Å². The van der Waals surface area contributed by atoms with Crippen LogP contribution in [0.4, 0.5) is 4.39 Å². The van der Waals surface area contributed by atoms with Crippen LogP contribution in [0, 0.1) is 5.82 Å². The highest BCUT2D eigenvalue weighted by Gasteiger charge is 2.14. The van der Waals surface area contributed by atoms with Gasteiger partial charge in [-0.3, -0.25) is 14.2 Å². The van der Waals surface area contributed by atoms with Crippen molar-refractivity contribution in [3.8, 4) is 5.69 Å². The average molecular weight is 359 g/mol. The third kappa shape index (κ3) is 3.26. The van der Waals surface area contributed by atoms with E-state index in [0.29, 0.717) is 4.47 Å². The lowest BCUT2D eigenvalue weighted by molar-refractivity contribution is -0.133. The van der Waals surface area contributed by atoms with E-state index in [1.54, 1.807) is 6.07 Å². The van der Waals surface area contributed by atoms with E-state index in [1.807, 2.05) is 0 Å². The minimum absolute atomic E-state index is 0.116. The summed E-state index contributed by atoms with van der Waals surface area (Å²) in [5, 5.41) is 8.81. The first-order chi connectivity index (χ1) is 9.49. The molecule has 0 bridgehead atoms. The van der Waals surface area contributed by atoms with Crippen LogP contribution in [0.15, 0.2) is 44.9 Å². The van der Waals surface area contributed by atoms with Gasteiger partial charge in [-0.05, 0) is 28.1 Å². The fourth-order valence-electron chi connectivity index (χ4n) is 1.50. The standard InChI is InChI=1S/C12H8BrFN2O3S/c13-7-2-1-3-8(14)11(7)16-5-4-9(17)15-12(16)20-6-10(18)19/h1-5H,6H2,(H,18,19). The van der Waals surface area contributed by atoms with Gasteiger partial charge in [-0.1, -0.05) is 17.8 Å². The third-order valence-corrected chi connectivity index (χ3v) is 3.86. The zero-order chi connectivity index (χ0) is 14.7. The summed E-state index contributed by atoms with van der Waals surface area (Å²) in [5.74, 6) is -1.84. The van der Waals surface area contributed by atoms with Crippen molar-refractivity contribution in [1.29, 1.82) is 0 Å². The van der Waals surface area contributed by atoms with Crippen molar-refractivity contribution < 1.29 is 14.3 Å². The smallest absolute Gasteiger partial charge is 0.313 e. The molecule has 0 aliphatic carbocycles. The van der Waals surface area contributed by atoms with E-state index in [2.05, 4.69) is 20.9 Å². The average Bonchev–Trinajstić information content (AvgIpc) is 2.38. The summed E-state index contributed by atoms with van der Waals surface area (Å²) in [6.45, 7) is 0. The fourth-order valence-corrected chi connectivity index (χ4v) is 2.74. The van der Waals surface area contributed by atoms with Crippen LogP contribution in [0.3, 0.4) is 0 Å². The largest absolute Gasteiger partial charge is 0.481 e. The molecule has 0 radical (unpaired) electrons. The Morgan fingerprint density at radius 3 is 2.85 bits per heavy atom. The number of aromatic nitrogens is 2. The molecule has 104 valence electrons. The predicted octanol–water partition coefficient (Wildman–Crippen LogP) is 2.31. The Morgan fingerprint density at radius 1 is 1.45 bits per heavy atom. The number of carboxylic acids is 1. The number of hydrogen-bond acceptors (Lipinski definition) is 4. The second kappa shape index (κ2) is 6.19. The quantitative estimate of drug-likeness (QED) is 0.670. The van der Waals surface area contributed by atoms with Crippen LogP contribution >= 0.6 is 27.7 Å². The molecule has 0 atom stereocenters. The first-order valence-corrected chi connectivity index (χ1v) is 7.15. The zero-order valence-electron chi connectivity index (χ0n) is 9.92. The van der Waals surface area contributed by atoms with Gasteiger partial charge in [0, 0.05) is 16.7 Å². The maximum Gasteiger partial charge on any atom is 0.313 e. The molecule has 20 heavy (non-hydrogen) atoms. The number of hydrogen-bond donors (Lipinski definition) is 1.